The van der Waals surface area contributed by atoms with Gasteiger partial charge in [-0.2, -0.15) is 0 Å². The van der Waals surface area contributed by atoms with Gasteiger partial charge in [0.1, 0.15) is 0 Å². The van der Waals surface area contributed by atoms with Gasteiger partial charge in [-0.3, -0.25) is 4.79 Å². The summed E-state index contributed by atoms with van der Waals surface area (Å²) in [6, 6.07) is -0.0204. The lowest BCUT2D eigenvalue weighted by Crippen LogP contribution is -2.15. The van der Waals surface area contributed by atoms with E-state index in [1.807, 2.05) is 0 Å². The quantitative estimate of drug-likeness (QED) is 0.833. The van der Waals surface area contributed by atoms with Gasteiger partial charge >= 0.3 is 5.97 Å². The number of anilines is 1. The van der Waals surface area contributed by atoms with E-state index in [0.29, 0.717) is 12.4 Å². The molecular weight excluding hydrogens is 218 g/mol. The molecule has 17 heavy (non-hydrogen) atoms. The van der Waals surface area contributed by atoms with E-state index in [4.69, 9.17) is 5.11 Å². The van der Waals surface area contributed by atoms with Crippen LogP contribution in [0.2, 0.25) is 0 Å². The lowest BCUT2D eigenvalue weighted by atomic mass is 9.89. The molecule has 0 spiro atoms. The zero-order valence-electron chi connectivity index (χ0n) is 10.3. The second kappa shape index (κ2) is 3.98. The second-order valence-electron chi connectivity index (χ2n) is 5.48. The molecule has 0 aromatic carbocycles. The Kier molecular flexibility index (Phi) is 2.77. The summed E-state index contributed by atoms with van der Waals surface area (Å²) in [6.07, 6.45) is 4.22. The average molecular weight is 235 g/mol. The van der Waals surface area contributed by atoms with E-state index >= 15 is 0 Å². The molecule has 1 aliphatic rings. The molecule has 1 aliphatic carbocycles. The maximum Gasteiger partial charge on any atom is 0.308 e. The third kappa shape index (κ3) is 2.72. The Balaban J connectivity index is 1.98. The average Bonchev–Trinajstić information content (AvgIpc) is 2.96. The van der Waals surface area contributed by atoms with E-state index in [1.165, 1.54) is 0 Å². The highest BCUT2D eigenvalue weighted by molar-refractivity contribution is 5.75. The largest absolute Gasteiger partial charge is 0.481 e. The molecule has 2 atom stereocenters. The Bertz CT molecular complexity index is 422. The molecular formula is C12H17N3O2. The van der Waals surface area contributed by atoms with Crippen LogP contribution in [0.15, 0.2) is 12.4 Å². The zero-order valence-corrected chi connectivity index (χ0v) is 10.3. The van der Waals surface area contributed by atoms with Crippen molar-refractivity contribution in [1.82, 2.24) is 9.97 Å². The minimum Gasteiger partial charge on any atom is -0.481 e. The molecule has 1 aromatic rings. The standard InChI is InChI=1S/C12H17N3O2/c1-12(2,3)7-5-13-11(14-6-7)15-9-4-8(9)10(16)17/h5-6,8-9H,4H2,1-3H3,(H,16,17)(H,13,14,15). The van der Waals surface area contributed by atoms with Crippen LogP contribution in [0.5, 0.6) is 0 Å². The minimum atomic E-state index is -0.756. The number of nitrogens with one attached hydrogen (secondary N) is 1. The van der Waals surface area contributed by atoms with Crippen molar-refractivity contribution >= 4 is 11.9 Å². The molecule has 0 amide bonds. The van der Waals surface area contributed by atoms with Crippen LogP contribution in [0.25, 0.3) is 0 Å². The van der Waals surface area contributed by atoms with Gasteiger partial charge in [0.15, 0.2) is 0 Å². The van der Waals surface area contributed by atoms with Crippen molar-refractivity contribution in [1.29, 1.82) is 0 Å². The van der Waals surface area contributed by atoms with E-state index in [0.717, 1.165) is 5.56 Å². The van der Waals surface area contributed by atoms with E-state index in [-0.39, 0.29) is 17.4 Å². The molecule has 1 saturated carbocycles. The maximum atomic E-state index is 10.7. The molecule has 0 aliphatic heterocycles. The van der Waals surface area contributed by atoms with Gasteiger partial charge in [0.05, 0.1) is 5.92 Å². The molecule has 1 heterocycles. The molecule has 1 aromatic heterocycles. The molecule has 5 nitrogen and oxygen atoms in total. The summed E-state index contributed by atoms with van der Waals surface area (Å²) in [5, 5.41) is 11.8. The number of carboxylic acid groups (broad SMARTS) is 1. The smallest absolute Gasteiger partial charge is 0.308 e. The van der Waals surface area contributed by atoms with Crippen LogP contribution in [-0.4, -0.2) is 27.1 Å². The highest BCUT2D eigenvalue weighted by Gasteiger charge is 2.43. The topological polar surface area (TPSA) is 75.1 Å². The van der Waals surface area contributed by atoms with Gasteiger partial charge in [-0.15, -0.1) is 0 Å². The predicted octanol–water partition coefficient (Wildman–Crippen LogP) is 1.66. The highest BCUT2D eigenvalue weighted by atomic mass is 16.4. The van der Waals surface area contributed by atoms with E-state index in [9.17, 15) is 4.79 Å². The fraction of sp³-hybridized carbons (Fsp3) is 0.583. The van der Waals surface area contributed by atoms with E-state index in [1.54, 1.807) is 12.4 Å². The van der Waals surface area contributed by atoms with Crippen molar-refractivity contribution in [2.45, 2.75) is 38.6 Å². The van der Waals surface area contributed by atoms with Crippen LogP contribution in [0.3, 0.4) is 0 Å². The van der Waals surface area contributed by atoms with Gasteiger partial charge in [-0.25, -0.2) is 9.97 Å². The van der Waals surface area contributed by atoms with Crippen LogP contribution in [-0.2, 0) is 10.2 Å². The molecule has 5 heteroatoms. The number of carbonyl (C=O) groups is 1. The van der Waals surface area contributed by atoms with Crippen molar-refractivity contribution in [3.05, 3.63) is 18.0 Å². The van der Waals surface area contributed by atoms with Gasteiger partial charge in [-0.1, -0.05) is 20.8 Å². The van der Waals surface area contributed by atoms with Crippen LogP contribution < -0.4 is 5.32 Å². The Morgan fingerprint density at radius 3 is 2.41 bits per heavy atom. The van der Waals surface area contributed by atoms with Gasteiger partial charge < -0.3 is 10.4 Å². The van der Waals surface area contributed by atoms with Crippen molar-refractivity contribution in [3.63, 3.8) is 0 Å². The lowest BCUT2D eigenvalue weighted by Gasteiger charge is -2.17. The summed E-state index contributed by atoms with van der Waals surface area (Å²) in [4.78, 5) is 19.1. The van der Waals surface area contributed by atoms with Crippen molar-refractivity contribution in [3.8, 4) is 0 Å². The Labute approximate surface area is 100 Å². The molecule has 0 radical (unpaired) electrons. The fourth-order valence-corrected chi connectivity index (χ4v) is 1.58. The summed E-state index contributed by atoms with van der Waals surface area (Å²) in [7, 11) is 0. The molecule has 0 bridgehead atoms. The van der Waals surface area contributed by atoms with Crippen LogP contribution in [0.4, 0.5) is 5.95 Å². The number of aromatic nitrogens is 2. The molecule has 1 fully saturated rings. The van der Waals surface area contributed by atoms with Gasteiger partial charge in [0.25, 0.3) is 0 Å². The van der Waals surface area contributed by atoms with Crippen molar-refractivity contribution in [2.24, 2.45) is 5.92 Å². The molecule has 0 saturated heterocycles. The minimum absolute atomic E-state index is 0.0204. The Hall–Kier alpha value is -1.65. The van der Waals surface area contributed by atoms with E-state index in [2.05, 4.69) is 36.1 Å². The van der Waals surface area contributed by atoms with Crippen molar-refractivity contribution in [2.75, 3.05) is 5.32 Å². The zero-order chi connectivity index (χ0) is 12.6. The van der Waals surface area contributed by atoms with E-state index < -0.39 is 5.97 Å². The summed E-state index contributed by atoms with van der Waals surface area (Å²) < 4.78 is 0. The number of hydrogen-bond acceptors (Lipinski definition) is 4. The molecule has 2 unspecified atom stereocenters. The summed E-state index contributed by atoms with van der Waals surface area (Å²) in [5.41, 5.74) is 1.09. The normalized spacial score (nSPS) is 23.2. The van der Waals surface area contributed by atoms with Crippen LogP contribution >= 0.6 is 0 Å². The predicted molar refractivity (Wildman–Crippen MR) is 63.9 cm³/mol. The lowest BCUT2D eigenvalue weighted by molar-refractivity contribution is -0.138. The fourth-order valence-electron chi connectivity index (χ4n) is 1.58. The van der Waals surface area contributed by atoms with Crippen molar-refractivity contribution < 1.29 is 9.90 Å². The summed E-state index contributed by atoms with van der Waals surface area (Å²) in [5.74, 6) is -0.540. The third-order valence-corrected chi connectivity index (χ3v) is 2.94. The Morgan fingerprint density at radius 1 is 1.41 bits per heavy atom. The summed E-state index contributed by atoms with van der Waals surface area (Å²) >= 11 is 0. The van der Waals surface area contributed by atoms with Gasteiger partial charge in [0.2, 0.25) is 5.95 Å². The van der Waals surface area contributed by atoms with Gasteiger partial charge in [0, 0.05) is 18.4 Å². The Morgan fingerprint density at radius 2 is 2.00 bits per heavy atom. The summed E-state index contributed by atoms with van der Waals surface area (Å²) in [6.45, 7) is 6.29. The maximum absolute atomic E-state index is 10.7. The first-order valence-corrected chi connectivity index (χ1v) is 5.70. The number of nitrogens with zero attached hydrogens (tertiary/aromatic N) is 2. The molecule has 2 N–H and O–H groups in total. The number of hydrogen-bond donors (Lipinski definition) is 2. The first kappa shape index (κ1) is 11.8. The number of carboxylic acids is 1. The number of rotatable bonds is 3. The third-order valence-electron chi connectivity index (χ3n) is 2.94. The van der Waals surface area contributed by atoms with Crippen LogP contribution in [0, 0.1) is 5.92 Å². The number of aliphatic carboxylic acids is 1. The molecule has 2 rings (SSSR count). The second-order valence-corrected chi connectivity index (χ2v) is 5.48. The molecule has 92 valence electrons. The van der Waals surface area contributed by atoms with Gasteiger partial charge in [-0.05, 0) is 17.4 Å². The first-order chi connectivity index (χ1) is 7.88. The SMILES string of the molecule is CC(C)(C)c1cnc(NC2CC2C(=O)O)nc1. The monoisotopic (exact) mass is 235 g/mol. The van der Waals surface area contributed by atoms with Crippen LogP contribution in [0.1, 0.15) is 32.8 Å². The first-order valence-electron chi connectivity index (χ1n) is 5.70. The highest BCUT2D eigenvalue weighted by Crippen LogP contribution is 2.32.